The molecule has 0 aliphatic carbocycles. The molecule has 2 aromatic carbocycles. The quantitative estimate of drug-likeness (QED) is 0.857. The Morgan fingerprint density at radius 3 is 2.48 bits per heavy atom. The Labute approximate surface area is 125 Å². The van der Waals surface area contributed by atoms with Crippen molar-refractivity contribution in [3.63, 3.8) is 0 Å². The van der Waals surface area contributed by atoms with Gasteiger partial charge in [-0.15, -0.1) is 0 Å². The number of thiocarbonyl (C=S) groups is 1. The monoisotopic (exact) mass is 306 g/mol. The topological polar surface area (TPSA) is 55.1 Å². The second kappa shape index (κ2) is 5.97. The van der Waals surface area contributed by atoms with Gasteiger partial charge >= 0.3 is 0 Å². The van der Waals surface area contributed by atoms with Crippen LogP contribution in [0.5, 0.6) is 0 Å². The normalized spacial score (nSPS) is 10.2. The lowest BCUT2D eigenvalue weighted by Crippen LogP contribution is -2.16. The average molecular weight is 306 g/mol. The summed E-state index contributed by atoms with van der Waals surface area (Å²) >= 11 is 4.73. The van der Waals surface area contributed by atoms with E-state index < -0.39 is 17.5 Å². The van der Waals surface area contributed by atoms with Crippen molar-refractivity contribution in [3.05, 3.63) is 64.7 Å². The first-order valence-electron chi connectivity index (χ1n) is 6.05. The molecule has 0 spiro atoms. The van der Waals surface area contributed by atoms with E-state index in [0.717, 1.165) is 11.6 Å². The molecule has 0 saturated carbocycles. The smallest absolute Gasteiger partial charge is 0.258 e. The van der Waals surface area contributed by atoms with Gasteiger partial charge in [0.05, 0.1) is 11.3 Å². The summed E-state index contributed by atoms with van der Waals surface area (Å²) in [6, 6.07) is 8.06. The molecule has 0 unspecified atom stereocenters. The van der Waals surface area contributed by atoms with E-state index in [1.54, 1.807) is 13.0 Å². The van der Waals surface area contributed by atoms with Gasteiger partial charge in [0.2, 0.25) is 0 Å². The van der Waals surface area contributed by atoms with E-state index >= 15 is 0 Å². The lowest BCUT2D eigenvalue weighted by Gasteiger charge is -2.09. The summed E-state index contributed by atoms with van der Waals surface area (Å²) in [5, 5.41) is 2.32. The molecule has 0 aliphatic heterocycles. The molecule has 0 saturated heterocycles. The second-order valence-electron chi connectivity index (χ2n) is 4.50. The van der Waals surface area contributed by atoms with Gasteiger partial charge in [0, 0.05) is 5.56 Å². The summed E-state index contributed by atoms with van der Waals surface area (Å²) in [5.74, 6) is -2.09. The number of anilines is 1. The van der Waals surface area contributed by atoms with Crippen LogP contribution in [0.2, 0.25) is 0 Å². The Hall–Kier alpha value is -2.34. The van der Waals surface area contributed by atoms with E-state index in [9.17, 15) is 13.6 Å². The van der Waals surface area contributed by atoms with E-state index in [1.165, 1.54) is 24.3 Å². The van der Waals surface area contributed by atoms with E-state index in [1.807, 2.05) is 0 Å². The molecule has 0 aliphatic rings. The third-order valence-corrected chi connectivity index (χ3v) is 3.10. The largest absolute Gasteiger partial charge is 0.389 e. The molecule has 108 valence electrons. The summed E-state index contributed by atoms with van der Waals surface area (Å²) in [7, 11) is 0. The van der Waals surface area contributed by atoms with Gasteiger partial charge in [-0.25, -0.2) is 8.78 Å². The van der Waals surface area contributed by atoms with Crippen molar-refractivity contribution in [3.8, 4) is 0 Å². The summed E-state index contributed by atoms with van der Waals surface area (Å²) in [6.07, 6.45) is 0. The molecule has 0 atom stereocenters. The summed E-state index contributed by atoms with van der Waals surface area (Å²) in [5.41, 5.74) is 6.25. The van der Waals surface area contributed by atoms with Crippen molar-refractivity contribution >= 4 is 28.8 Å². The van der Waals surface area contributed by atoms with Crippen LogP contribution in [0.25, 0.3) is 0 Å². The number of hydrogen-bond donors (Lipinski definition) is 2. The van der Waals surface area contributed by atoms with Crippen LogP contribution >= 0.6 is 12.2 Å². The maximum atomic E-state index is 13.8. The van der Waals surface area contributed by atoms with Gasteiger partial charge in [-0.2, -0.15) is 0 Å². The maximum Gasteiger partial charge on any atom is 0.258 e. The zero-order chi connectivity index (χ0) is 15.6. The van der Waals surface area contributed by atoms with E-state index in [0.29, 0.717) is 5.56 Å². The minimum atomic E-state index is -0.724. The van der Waals surface area contributed by atoms with Gasteiger partial charge in [-0.1, -0.05) is 23.8 Å². The number of rotatable bonds is 3. The molecule has 3 nitrogen and oxygen atoms in total. The molecule has 3 N–H and O–H groups in total. The number of amides is 1. The van der Waals surface area contributed by atoms with Crippen LogP contribution in [-0.4, -0.2) is 10.9 Å². The number of carbonyl (C=O) groups is 1. The number of aryl methyl sites for hydroxylation is 1. The zero-order valence-corrected chi connectivity index (χ0v) is 11.9. The highest BCUT2D eigenvalue weighted by atomic mass is 32.1. The van der Waals surface area contributed by atoms with Crippen molar-refractivity contribution in [2.45, 2.75) is 6.92 Å². The SMILES string of the molecule is Cc1ccc(F)c(C(=O)Nc2ccc(C(N)=S)cc2F)c1. The number of hydrogen-bond acceptors (Lipinski definition) is 2. The van der Waals surface area contributed by atoms with Crippen molar-refractivity contribution in [1.29, 1.82) is 0 Å². The minimum Gasteiger partial charge on any atom is -0.389 e. The average Bonchev–Trinajstić information content (AvgIpc) is 2.43. The van der Waals surface area contributed by atoms with Crippen LogP contribution < -0.4 is 11.1 Å². The van der Waals surface area contributed by atoms with Crippen LogP contribution in [0.15, 0.2) is 36.4 Å². The van der Waals surface area contributed by atoms with Crippen molar-refractivity contribution in [1.82, 2.24) is 0 Å². The fourth-order valence-corrected chi connectivity index (χ4v) is 1.90. The Balaban J connectivity index is 2.27. The number of carbonyl (C=O) groups excluding carboxylic acids is 1. The van der Waals surface area contributed by atoms with Gasteiger partial charge in [0.1, 0.15) is 16.6 Å². The third kappa shape index (κ3) is 3.41. The van der Waals surface area contributed by atoms with Gasteiger partial charge in [0.15, 0.2) is 0 Å². The van der Waals surface area contributed by atoms with Gasteiger partial charge in [0.25, 0.3) is 5.91 Å². The molecule has 6 heteroatoms. The molecular formula is C15H12F2N2OS. The molecule has 0 aromatic heterocycles. The molecule has 21 heavy (non-hydrogen) atoms. The van der Waals surface area contributed by atoms with E-state index in [2.05, 4.69) is 5.32 Å². The molecule has 1 amide bonds. The lowest BCUT2D eigenvalue weighted by atomic mass is 10.1. The first-order chi connectivity index (χ1) is 9.88. The maximum absolute atomic E-state index is 13.8. The number of halogens is 2. The third-order valence-electron chi connectivity index (χ3n) is 2.87. The molecule has 0 bridgehead atoms. The van der Waals surface area contributed by atoms with Crippen molar-refractivity contribution in [2.75, 3.05) is 5.32 Å². The Morgan fingerprint density at radius 2 is 1.86 bits per heavy atom. The number of nitrogens with one attached hydrogen (secondary N) is 1. The van der Waals surface area contributed by atoms with Crippen molar-refractivity contribution < 1.29 is 13.6 Å². The first-order valence-corrected chi connectivity index (χ1v) is 6.46. The van der Waals surface area contributed by atoms with Crippen LogP contribution in [-0.2, 0) is 0 Å². The molecule has 0 radical (unpaired) electrons. The molecule has 0 fully saturated rings. The second-order valence-corrected chi connectivity index (χ2v) is 4.94. The molecule has 2 rings (SSSR count). The summed E-state index contributed by atoms with van der Waals surface area (Å²) in [4.78, 5) is 12.0. The highest BCUT2D eigenvalue weighted by Crippen LogP contribution is 2.18. The van der Waals surface area contributed by atoms with Gasteiger partial charge in [-0.3, -0.25) is 4.79 Å². The highest BCUT2D eigenvalue weighted by molar-refractivity contribution is 7.80. The fourth-order valence-electron chi connectivity index (χ4n) is 1.77. The predicted octanol–water partition coefficient (Wildman–Crippen LogP) is 3.16. The van der Waals surface area contributed by atoms with Gasteiger partial charge < -0.3 is 11.1 Å². The lowest BCUT2D eigenvalue weighted by molar-refractivity contribution is 0.102. The number of nitrogens with two attached hydrogens (primary N) is 1. The molecular weight excluding hydrogens is 294 g/mol. The first kappa shape index (κ1) is 15.1. The minimum absolute atomic E-state index is 0.0523. The molecule has 0 heterocycles. The van der Waals surface area contributed by atoms with Crippen LogP contribution in [0.1, 0.15) is 21.5 Å². The summed E-state index contributed by atoms with van der Waals surface area (Å²) < 4.78 is 27.4. The van der Waals surface area contributed by atoms with E-state index in [4.69, 9.17) is 18.0 Å². The zero-order valence-electron chi connectivity index (χ0n) is 11.1. The Bertz CT molecular complexity index is 732. The standard InChI is InChI=1S/C15H12F2N2OS/c1-8-2-4-11(16)10(6-8)15(20)19-13-5-3-9(14(18)21)7-12(13)17/h2-7H,1H3,(H2,18,21)(H,19,20). The Morgan fingerprint density at radius 1 is 1.14 bits per heavy atom. The molecule has 2 aromatic rings. The van der Waals surface area contributed by atoms with Crippen LogP contribution in [0.4, 0.5) is 14.5 Å². The Kier molecular flexibility index (Phi) is 4.28. The summed E-state index contributed by atoms with van der Waals surface area (Å²) in [6.45, 7) is 1.73. The van der Waals surface area contributed by atoms with Crippen LogP contribution in [0, 0.1) is 18.6 Å². The van der Waals surface area contributed by atoms with E-state index in [-0.39, 0.29) is 16.2 Å². The predicted molar refractivity (Wildman–Crippen MR) is 81.4 cm³/mol. The van der Waals surface area contributed by atoms with Crippen molar-refractivity contribution in [2.24, 2.45) is 5.73 Å². The highest BCUT2D eigenvalue weighted by Gasteiger charge is 2.14. The fraction of sp³-hybridized carbons (Fsp3) is 0.0667. The van der Waals surface area contributed by atoms with Crippen LogP contribution in [0.3, 0.4) is 0 Å². The number of benzene rings is 2. The van der Waals surface area contributed by atoms with Gasteiger partial charge in [-0.05, 0) is 37.3 Å².